The van der Waals surface area contributed by atoms with Crippen LogP contribution in [-0.2, 0) is 17.9 Å². The van der Waals surface area contributed by atoms with Crippen molar-refractivity contribution in [1.82, 2.24) is 10.1 Å². The Labute approximate surface area is 190 Å². The van der Waals surface area contributed by atoms with E-state index in [-0.39, 0.29) is 42.6 Å². The van der Waals surface area contributed by atoms with E-state index >= 15 is 0 Å². The highest BCUT2D eigenvalue weighted by molar-refractivity contribution is 6.04. The number of carbonyl (C=O) groups excluding carboxylic acids is 1. The smallest absolute Gasteiger partial charge is 0.247 e. The van der Waals surface area contributed by atoms with Crippen LogP contribution < -0.4 is 16.4 Å². The molecule has 4 aromatic rings. The zero-order valence-electron chi connectivity index (χ0n) is 18.2. The fourth-order valence-corrected chi connectivity index (χ4v) is 3.69. The number of hydrogen-bond acceptors (Lipinski definition) is 6. The SMILES string of the molecule is CCC(=O)N(c1ccccc1CN)c1onc(-c2cc(CN)ccc2F)c1-c1ccncc1. The average molecular weight is 445 g/mol. The number of nitrogens with zero attached hydrogens (tertiary/aromatic N) is 3. The van der Waals surface area contributed by atoms with Crippen LogP contribution in [0.3, 0.4) is 0 Å². The lowest BCUT2D eigenvalue weighted by molar-refractivity contribution is -0.117. The molecule has 0 atom stereocenters. The Kier molecular flexibility index (Phi) is 6.58. The molecule has 0 bridgehead atoms. The molecule has 2 aromatic heterocycles. The second kappa shape index (κ2) is 9.72. The van der Waals surface area contributed by atoms with Gasteiger partial charge in [0.25, 0.3) is 0 Å². The van der Waals surface area contributed by atoms with Crippen molar-refractivity contribution in [3.63, 3.8) is 0 Å². The summed E-state index contributed by atoms with van der Waals surface area (Å²) in [6.45, 7) is 2.23. The van der Waals surface area contributed by atoms with Gasteiger partial charge in [0.1, 0.15) is 11.5 Å². The van der Waals surface area contributed by atoms with E-state index in [1.165, 1.54) is 11.0 Å². The number of amides is 1. The molecule has 0 saturated heterocycles. The first-order valence-electron chi connectivity index (χ1n) is 10.6. The topological polar surface area (TPSA) is 111 Å². The van der Waals surface area contributed by atoms with Gasteiger partial charge in [0, 0.05) is 37.5 Å². The Morgan fingerprint density at radius 3 is 2.52 bits per heavy atom. The number of rotatable bonds is 7. The van der Waals surface area contributed by atoms with Crippen LogP contribution >= 0.6 is 0 Å². The molecular formula is C25H24FN5O2. The summed E-state index contributed by atoms with van der Waals surface area (Å²) in [4.78, 5) is 18.7. The number of pyridine rings is 1. The number of halogens is 1. The minimum Gasteiger partial charge on any atom is -0.336 e. The largest absolute Gasteiger partial charge is 0.336 e. The van der Waals surface area contributed by atoms with Crippen molar-refractivity contribution in [2.45, 2.75) is 26.4 Å². The molecule has 0 fully saturated rings. The Morgan fingerprint density at radius 1 is 1.06 bits per heavy atom. The summed E-state index contributed by atoms with van der Waals surface area (Å²) in [5.74, 6) is -0.510. The lowest BCUT2D eigenvalue weighted by atomic mass is 9.99. The second-order valence-corrected chi connectivity index (χ2v) is 7.38. The molecule has 8 heteroatoms. The molecular weight excluding hydrogens is 421 g/mol. The summed E-state index contributed by atoms with van der Waals surface area (Å²) in [6.07, 6.45) is 3.44. The molecule has 4 rings (SSSR count). The van der Waals surface area contributed by atoms with Gasteiger partial charge in [-0.2, -0.15) is 0 Å². The third kappa shape index (κ3) is 4.26. The van der Waals surface area contributed by atoms with Crippen LogP contribution in [0.4, 0.5) is 16.0 Å². The Balaban J connectivity index is 2.02. The predicted octanol–water partition coefficient (Wildman–Crippen LogP) is 4.53. The van der Waals surface area contributed by atoms with Gasteiger partial charge < -0.3 is 16.0 Å². The first kappa shape index (κ1) is 22.3. The van der Waals surface area contributed by atoms with E-state index in [1.807, 2.05) is 18.2 Å². The lowest BCUT2D eigenvalue weighted by Crippen LogP contribution is -2.26. The Bertz CT molecular complexity index is 1270. The minimum absolute atomic E-state index is 0.182. The maximum Gasteiger partial charge on any atom is 0.247 e. The number of benzene rings is 2. The molecule has 0 aliphatic rings. The first-order valence-corrected chi connectivity index (χ1v) is 10.6. The summed E-state index contributed by atoms with van der Waals surface area (Å²) in [5.41, 5.74) is 15.5. The summed E-state index contributed by atoms with van der Waals surface area (Å²) < 4.78 is 20.7. The summed E-state index contributed by atoms with van der Waals surface area (Å²) in [5, 5.41) is 4.22. The van der Waals surface area contributed by atoms with Crippen molar-refractivity contribution in [3.8, 4) is 22.4 Å². The van der Waals surface area contributed by atoms with Gasteiger partial charge in [-0.05, 0) is 47.0 Å². The highest BCUT2D eigenvalue weighted by Gasteiger charge is 2.30. The highest BCUT2D eigenvalue weighted by Crippen LogP contribution is 2.43. The minimum atomic E-state index is -0.474. The molecule has 0 aliphatic carbocycles. The molecule has 2 heterocycles. The Hall–Kier alpha value is -3.88. The van der Waals surface area contributed by atoms with E-state index in [4.69, 9.17) is 16.0 Å². The van der Waals surface area contributed by atoms with Crippen LogP contribution in [0.5, 0.6) is 0 Å². The van der Waals surface area contributed by atoms with Gasteiger partial charge >= 0.3 is 0 Å². The van der Waals surface area contributed by atoms with E-state index in [2.05, 4.69) is 10.1 Å². The van der Waals surface area contributed by atoms with Crippen LogP contribution in [0.1, 0.15) is 24.5 Å². The molecule has 0 aliphatic heterocycles. The van der Waals surface area contributed by atoms with Crippen molar-refractivity contribution >= 4 is 17.5 Å². The number of nitrogens with two attached hydrogens (primary N) is 2. The number of anilines is 2. The van der Waals surface area contributed by atoms with Gasteiger partial charge in [0.05, 0.1) is 11.3 Å². The lowest BCUT2D eigenvalue weighted by Gasteiger charge is -2.23. The van der Waals surface area contributed by atoms with Gasteiger partial charge in [0.2, 0.25) is 11.8 Å². The second-order valence-electron chi connectivity index (χ2n) is 7.38. The fraction of sp³-hybridized carbons (Fsp3) is 0.160. The normalized spacial score (nSPS) is 10.9. The van der Waals surface area contributed by atoms with Crippen molar-refractivity contribution in [2.24, 2.45) is 11.5 Å². The third-order valence-electron chi connectivity index (χ3n) is 5.37. The maximum absolute atomic E-state index is 14.9. The van der Waals surface area contributed by atoms with E-state index in [0.29, 0.717) is 16.8 Å². The van der Waals surface area contributed by atoms with E-state index in [9.17, 15) is 9.18 Å². The molecule has 1 amide bonds. The maximum atomic E-state index is 14.9. The molecule has 4 N–H and O–H groups in total. The molecule has 0 saturated carbocycles. The third-order valence-corrected chi connectivity index (χ3v) is 5.37. The summed E-state index contributed by atoms with van der Waals surface area (Å²) in [7, 11) is 0. The van der Waals surface area contributed by atoms with E-state index in [0.717, 1.165) is 11.1 Å². The average Bonchev–Trinajstić information content (AvgIpc) is 3.29. The van der Waals surface area contributed by atoms with E-state index < -0.39 is 5.82 Å². The molecule has 0 radical (unpaired) electrons. The van der Waals surface area contributed by atoms with Crippen LogP contribution in [-0.4, -0.2) is 16.0 Å². The number of para-hydroxylation sites is 1. The van der Waals surface area contributed by atoms with Gasteiger partial charge in [-0.3, -0.25) is 9.78 Å². The number of carbonyl (C=O) groups is 1. The van der Waals surface area contributed by atoms with Crippen molar-refractivity contribution in [3.05, 3.63) is 83.9 Å². The van der Waals surface area contributed by atoms with E-state index in [1.54, 1.807) is 49.6 Å². The van der Waals surface area contributed by atoms with Gasteiger partial charge in [-0.1, -0.05) is 36.3 Å². The molecule has 168 valence electrons. The first-order chi connectivity index (χ1) is 16.1. The Morgan fingerprint density at radius 2 is 1.82 bits per heavy atom. The quantitative estimate of drug-likeness (QED) is 0.432. The molecule has 33 heavy (non-hydrogen) atoms. The number of aromatic nitrogens is 2. The van der Waals surface area contributed by atoms with Gasteiger partial charge in [-0.25, -0.2) is 9.29 Å². The van der Waals surface area contributed by atoms with Crippen molar-refractivity contribution < 1.29 is 13.7 Å². The summed E-state index contributed by atoms with van der Waals surface area (Å²) >= 11 is 0. The van der Waals surface area contributed by atoms with Crippen LogP contribution in [0.25, 0.3) is 22.4 Å². The molecule has 0 unspecified atom stereocenters. The standard InChI is InChI=1S/C25H24FN5O2/c1-2-22(32)31(21-6-4-3-5-18(21)15-28)25-23(17-9-11-29-12-10-17)24(30-33-25)19-13-16(14-27)7-8-20(19)26/h3-13H,2,14-15,27-28H2,1H3. The zero-order valence-corrected chi connectivity index (χ0v) is 18.2. The predicted molar refractivity (Wildman–Crippen MR) is 125 cm³/mol. The van der Waals surface area contributed by atoms with Gasteiger partial charge in [-0.15, -0.1) is 0 Å². The zero-order chi connectivity index (χ0) is 23.4. The van der Waals surface area contributed by atoms with Crippen LogP contribution in [0.15, 0.2) is 71.5 Å². The highest BCUT2D eigenvalue weighted by atomic mass is 19.1. The summed E-state index contributed by atoms with van der Waals surface area (Å²) in [6, 6.07) is 15.4. The van der Waals surface area contributed by atoms with Crippen molar-refractivity contribution in [2.75, 3.05) is 4.90 Å². The molecule has 0 spiro atoms. The number of hydrogen-bond donors (Lipinski definition) is 2. The van der Waals surface area contributed by atoms with Crippen LogP contribution in [0, 0.1) is 5.82 Å². The van der Waals surface area contributed by atoms with Gasteiger partial charge in [0.15, 0.2) is 0 Å². The molecule has 2 aromatic carbocycles. The van der Waals surface area contributed by atoms with Crippen LogP contribution in [0.2, 0.25) is 0 Å². The fourth-order valence-electron chi connectivity index (χ4n) is 3.69. The molecule has 7 nitrogen and oxygen atoms in total. The monoisotopic (exact) mass is 445 g/mol. The van der Waals surface area contributed by atoms with Crippen molar-refractivity contribution in [1.29, 1.82) is 0 Å².